The molecule has 0 unspecified atom stereocenters. The number of carbonyl (C=O) groups excluding carboxylic acids is 2. The molecule has 0 saturated heterocycles. The summed E-state index contributed by atoms with van der Waals surface area (Å²) in [6.45, 7) is 0.497. The van der Waals surface area contributed by atoms with Crippen LogP contribution >= 0.6 is 0 Å². The third kappa shape index (κ3) is 11.0. The summed E-state index contributed by atoms with van der Waals surface area (Å²) in [7, 11) is 0. The second-order valence-electron chi connectivity index (χ2n) is 4.21. The average Bonchev–Trinajstić information content (AvgIpc) is 2.36. The van der Waals surface area contributed by atoms with E-state index in [1.807, 2.05) is 0 Å². The highest BCUT2D eigenvalue weighted by atomic mass is 16.4. The Kier molecular flexibility index (Phi) is 9.63. The molecule has 0 bridgehead atoms. The number of carboxylic acids is 2. The van der Waals surface area contributed by atoms with E-state index < -0.39 is 23.8 Å². The monoisotopic (exact) mass is 288 g/mol. The maximum Gasteiger partial charge on any atom is 0.309 e. The van der Waals surface area contributed by atoms with E-state index in [2.05, 4.69) is 10.6 Å². The average molecular weight is 288 g/mol. The first-order chi connectivity index (χ1) is 9.43. The molecule has 0 aliphatic rings. The first-order valence-electron chi connectivity index (χ1n) is 6.43. The summed E-state index contributed by atoms with van der Waals surface area (Å²) in [4.78, 5) is 43.0. The number of carboxylic acid groups (broad SMARTS) is 2. The second-order valence-corrected chi connectivity index (χ2v) is 4.21. The van der Waals surface area contributed by atoms with E-state index in [1.54, 1.807) is 0 Å². The van der Waals surface area contributed by atoms with Crippen molar-refractivity contribution in [3.63, 3.8) is 0 Å². The van der Waals surface area contributed by atoms with E-state index in [-0.39, 0.29) is 25.9 Å². The molecule has 0 heterocycles. The Morgan fingerprint density at radius 1 is 0.650 bits per heavy atom. The van der Waals surface area contributed by atoms with Crippen molar-refractivity contribution >= 4 is 23.8 Å². The Morgan fingerprint density at radius 3 is 1.30 bits per heavy atom. The van der Waals surface area contributed by atoms with Crippen molar-refractivity contribution < 1.29 is 29.4 Å². The van der Waals surface area contributed by atoms with Gasteiger partial charge in [0.1, 0.15) is 0 Å². The van der Waals surface area contributed by atoms with Gasteiger partial charge in [0.2, 0.25) is 0 Å². The Bertz CT molecular complexity index is 322. The van der Waals surface area contributed by atoms with Crippen LogP contribution in [0.2, 0.25) is 0 Å². The summed E-state index contributed by atoms with van der Waals surface area (Å²) in [5.41, 5.74) is 0. The molecule has 0 fully saturated rings. The Labute approximate surface area is 116 Å². The molecule has 0 aliphatic carbocycles. The fourth-order valence-electron chi connectivity index (χ4n) is 1.37. The number of aliphatic carboxylic acids is 2. The molecule has 0 aromatic carbocycles. The van der Waals surface area contributed by atoms with Gasteiger partial charge in [-0.25, -0.2) is 0 Å². The van der Waals surface area contributed by atoms with Gasteiger partial charge in [0.25, 0.3) is 0 Å². The fraction of sp³-hybridized carbons (Fsp3) is 0.667. The zero-order valence-electron chi connectivity index (χ0n) is 11.2. The van der Waals surface area contributed by atoms with Crippen molar-refractivity contribution in [2.75, 3.05) is 13.1 Å². The lowest BCUT2D eigenvalue weighted by Crippen LogP contribution is -2.40. The lowest BCUT2D eigenvalue weighted by molar-refractivity contribution is -0.139. The minimum atomic E-state index is -0.893. The first kappa shape index (κ1) is 17.9. The van der Waals surface area contributed by atoms with Gasteiger partial charge < -0.3 is 20.8 Å². The number of rotatable bonds is 10. The van der Waals surface area contributed by atoms with E-state index in [0.717, 1.165) is 0 Å². The van der Waals surface area contributed by atoms with Gasteiger partial charge in [-0.15, -0.1) is 0 Å². The zero-order chi connectivity index (χ0) is 15.4. The molecule has 0 saturated carbocycles. The van der Waals surface area contributed by atoms with Gasteiger partial charge in [0.05, 0.1) is 0 Å². The van der Waals surface area contributed by atoms with Crippen molar-refractivity contribution in [3.8, 4) is 0 Å². The quantitative estimate of drug-likeness (QED) is 0.323. The van der Waals surface area contributed by atoms with Gasteiger partial charge >= 0.3 is 23.8 Å². The normalized spacial score (nSPS) is 9.80. The number of amides is 2. The molecule has 8 heteroatoms. The summed E-state index contributed by atoms with van der Waals surface area (Å²) in [5.74, 6) is -3.32. The second kappa shape index (κ2) is 10.8. The van der Waals surface area contributed by atoms with Crippen LogP contribution in [0.5, 0.6) is 0 Å². The maximum atomic E-state index is 11.3. The van der Waals surface area contributed by atoms with Crippen molar-refractivity contribution in [3.05, 3.63) is 0 Å². The van der Waals surface area contributed by atoms with Crippen molar-refractivity contribution in [2.24, 2.45) is 0 Å². The fourth-order valence-corrected chi connectivity index (χ4v) is 1.37. The molecule has 8 nitrogen and oxygen atoms in total. The predicted molar refractivity (Wildman–Crippen MR) is 69.0 cm³/mol. The molecule has 114 valence electrons. The van der Waals surface area contributed by atoms with Crippen LogP contribution in [0.15, 0.2) is 0 Å². The number of hydrogen-bond donors (Lipinski definition) is 4. The van der Waals surface area contributed by atoms with Crippen molar-refractivity contribution in [1.29, 1.82) is 0 Å². The maximum absolute atomic E-state index is 11.3. The third-order valence-electron chi connectivity index (χ3n) is 2.41. The summed E-state index contributed by atoms with van der Waals surface area (Å²) in [6, 6.07) is 0. The SMILES string of the molecule is O=C(O)CCCCNC(=O)C(=O)NCCCCC(=O)O. The topological polar surface area (TPSA) is 133 Å². The molecule has 20 heavy (non-hydrogen) atoms. The van der Waals surface area contributed by atoms with Crippen LogP contribution in [-0.2, 0) is 19.2 Å². The van der Waals surface area contributed by atoms with Crippen molar-refractivity contribution in [2.45, 2.75) is 38.5 Å². The van der Waals surface area contributed by atoms with Gasteiger partial charge in [-0.1, -0.05) is 0 Å². The smallest absolute Gasteiger partial charge is 0.309 e. The standard InChI is InChI=1S/C12H20N2O6/c15-9(16)5-1-3-7-13-11(19)12(20)14-8-4-2-6-10(17)18/h1-8H2,(H,13,19)(H,14,20)(H,15,16)(H,17,18). The largest absolute Gasteiger partial charge is 0.481 e. The number of carbonyl (C=O) groups is 4. The van der Waals surface area contributed by atoms with Crippen LogP contribution in [0.3, 0.4) is 0 Å². The predicted octanol–water partition coefficient (Wildman–Crippen LogP) is -0.271. The highest BCUT2D eigenvalue weighted by Crippen LogP contribution is 1.94. The summed E-state index contributed by atoms with van der Waals surface area (Å²) in [6.07, 6.45) is 1.92. The molecule has 0 atom stereocenters. The van der Waals surface area contributed by atoms with E-state index in [4.69, 9.17) is 10.2 Å². The molecule has 0 rings (SSSR count). The van der Waals surface area contributed by atoms with Crippen LogP contribution in [0.4, 0.5) is 0 Å². The summed E-state index contributed by atoms with van der Waals surface area (Å²) in [5, 5.41) is 21.5. The highest BCUT2D eigenvalue weighted by molar-refractivity contribution is 6.35. The Hall–Kier alpha value is -2.12. The van der Waals surface area contributed by atoms with Crippen LogP contribution in [0.25, 0.3) is 0 Å². The number of unbranched alkanes of at least 4 members (excludes halogenated alkanes) is 2. The lowest BCUT2D eigenvalue weighted by Gasteiger charge is -2.05. The zero-order valence-corrected chi connectivity index (χ0v) is 11.2. The van der Waals surface area contributed by atoms with E-state index in [0.29, 0.717) is 25.7 Å². The molecular weight excluding hydrogens is 268 g/mol. The number of nitrogens with one attached hydrogen (secondary N) is 2. The van der Waals surface area contributed by atoms with Crippen LogP contribution in [0.1, 0.15) is 38.5 Å². The number of hydrogen-bond acceptors (Lipinski definition) is 4. The van der Waals surface area contributed by atoms with E-state index in [1.165, 1.54) is 0 Å². The van der Waals surface area contributed by atoms with Crippen LogP contribution in [0, 0.1) is 0 Å². The van der Waals surface area contributed by atoms with Gasteiger partial charge in [0.15, 0.2) is 0 Å². The van der Waals surface area contributed by atoms with Gasteiger partial charge in [-0.2, -0.15) is 0 Å². The molecule has 0 radical (unpaired) electrons. The summed E-state index contributed by atoms with van der Waals surface area (Å²) < 4.78 is 0. The molecule has 2 amide bonds. The molecule has 0 aromatic rings. The highest BCUT2D eigenvalue weighted by Gasteiger charge is 2.11. The van der Waals surface area contributed by atoms with Crippen molar-refractivity contribution in [1.82, 2.24) is 10.6 Å². The molecule has 4 N–H and O–H groups in total. The first-order valence-corrected chi connectivity index (χ1v) is 6.43. The van der Waals surface area contributed by atoms with Gasteiger partial charge in [-0.3, -0.25) is 19.2 Å². The Balaban J connectivity index is 3.54. The van der Waals surface area contributed by atoms with E-state index in [9.17, 15) is 19.2 Å². The third-order valence-corrected chi connectivity index (χ3v) is 2.41. The molecule has 0 aliphatic heterocycles. The Morgan fingerprint density at radius 2 is 1.00 bits per heavy atom. The lowest BCUT2D eigenvalue weighted by atomic mass is 10.2. The van der Waals surface area contributed by atoms with Crippen LogP contribution < -0.4 is 10.6 Å². The molecule has 0 spiro atoms. The van der Waals surface area contributed by atoms with Gasteiger partial charge in [-0.05, 0) is 25.7 Å². The van der Waals surface area contributed by atoms with E-state index >= 15 is 0 Å². The minimum absolute atomic E-state index is 0.0334. The van der Waals surface area contributed by atoms with Crippen LogP contribution in [-0.4, -0.2) is 47.1 Å². The minimum Gasteiger partial charge on any atom is -0.481 e. The summed E-state index contributed by atoms with van der Waals surface area (Å²) >= 11 is 0. The molecular formula is C12H20N2O6. The van der Waals surface area contributed by atoms with Gasteiger partial charge in [0, 0.05) is 25.9 Å². The molecule has 0 aromatic heterocycles.